The first-order valence-electron chi connectivity index (χ1n) is 13.7. The van der Waals surface area contributed by atoms with Gasteiger partial charge in [0.25, 0.3) is 0 Å². The van der Waals surface area contributed by atoms with Crippen LogP contribution in [0.15, 0.2) is 54.9 Å². The van der Waals surface area contributed by atoms with Crippen molar-refractivity contribution in [3.05, 3.63) is 94.8 Å². The van der Waals surface area contributed by atoms with Gasteiger partial charge in [0.1, 0.15) is 28.9 Å². The third kappa shape index (κ3) is 8.51. The van der Waals surface area contributed by atoms with Gasteiger partial charge in [-0.2, -0.15) is 0 Å². The molecule has 0 spiro atoms. The van der Waals surface area contributed by atoms with Crippen molar-refractivity contribution in [2.75, 3.05) is 25.0 Å². The Morgan fingerprint density at radius 3 is 2.38 bits per heavy atom. The second kappa shape index (κ2) is 13.3. The zero-order valence-electron chi connectivity index (χ0n) is 23.7. The molecule has 2 amide bonds. The topological polar surface area (TPSA) is 83.6 Å². The number of pyridine rings is 1. The van der Waals surface area contributed by atoms with Gasteiger partial charge in [-0.05, 0) is 69.0 Å². The molecule has 2 unspecified atom stereocenters. The van der Waals surface area contributed by atoms with Crippen LogP contribution in [0.2, 0.25) is 0 Å². The lowest BCUT2D eigenvalue weighted by Gasteiger charge is -2.35. The second-order valence-corrected chi connectivity index (χ2v) is 11.3. The van der Waals surface area contributed by atoms with E-state index in [1.807, 2.05) is 0 Å². The molecule has 7 nitrogen and oxygen atoms in total. The van der Waals surface area contributed by atoms with Gasteiger partial charge < -0.3 is 20.3 Å². The molecule has 2 N–H and O–H groups in total. The molecule has 11 heteroatoms. The summed E-state index contributed by atoms with van der Waals surface area (Å²) in [5.41, 5.74) is 0.466. The number of hydrogen-bond donors (Lipinski definition) is 2. The quantitative estimate of drug-likeness (QED) is 0.319. The van der Waals surface area contributed by atoms with E-state index < -0.39 is 46.8 Å². The minimum absolute atomic E-state index is 0.131. The van der Waals surface area contributed by atoms with E-state index in [0.29, 0.717) is 31.6 Å². The summed E-state index contributed by atoms with van der Waals surface area (Å²) in [7, 11) is 0. The molecule has 0 radical (unpaired) electrons. The molecule has 42 heavy (non-hydrogen) atoms. The lowest BCUT2D eigenvalue weighted by molar-refractivity contribution is -0.116. The fourth-order valence-electron chi connectivity index (χ4n) is 4.94. The number of nitrogens with one attached hydrogen (secondary N) is 2. The third-order valence-electron chi connectivity index (χ3n) is 6.88. The van der Waals surface area contributed by atoms with E-state index in [1.165, 1.54) is 30.5 Å². The number of hydrogen-bond acceptors (Lipinski definition) is 5. The summed E-state index contributed by atoms with van der Waals surface area (Å²) < 4.78 is 62.1. The second-order valence-electron chi connectivity index (χ2n) is 11.3. The number of amides is 2. The van der Waals surface area contributed by atoms with Crippen molar-refractivity contribution < 1.29 is 31.9 Å². The van der Waals surface area contributed by atoms with Crippen LogP contribution in [0.1, 0.15) is 56.2 Å². The molecule has 0 saturated carbocycles. The molecule has 2 aromatic carbocycles. The van der Waals surface area contributed by atoms with Gasteiger partial charge in [-0.25, -0.2) is 22.4 Å². The van der Waals surface area contributed by atoms with Crippen molar-refractivity contribution in [3.8, 4) is 0 Å². The number of carbonyl (C=O) groups is 2. The molecule has 2 heterocycles. The lowest BCUT2D eigenvalue weighted by Crippen LogP contribution is -2.53. The number of carbonyl (C=O) groups excluding carboxylic acids is 2. The molecule has 1 aliphatic rings. The van der Waals surface area contributed by atoms with Gasteiger partial charge in [-0.15, -0.1) is 0 Å². The summed E-state index contributed by atoms with van der Waals surface area (Å²) in [6.07, 6.45) is 2.44. The maximum absolute atomic E-state index is 14.9. The maximum atomic E-state index is 14.9. The molecule has 2 atom stereocenters. The number of ether oxygens (including phenoxy) is 1. The fourth-order valence-corrected chi connectivity index (χ4v) is 4.94. The van der Waals surface area contributed by atoms with Crippen LogP contribution in [0.3, 0.4) is 0 Å². The number of aromatic nitrogens is 1. The van der Waals surface area contributed by atoms with Crippen LogP contribution in [-0.4, -0.2) is 53.2 Å². The summed E-state index contributed by atoms with van der Waals surface area (Å²) in [6.45, 7) is 6.81. The molecular formula is C31H34F4N4O3. The zero-order chi connectivity index (χ0) is 30.4. The predicted octanol–water partition coefficient (Wildman–Crippen LogP) is 5.94. The van der Waals surface area contributed by atoms with Crippen LogP contribution < -0.4 is 10.6 Å². The number of anilines is 1. The highest BCUT2D eigenvalue weighted by Crippen LogP contribution is 2.31. The minimum Gasteiger partial charge on any atom is -0.444 e. The van der Waals surface area contributed by atoms with E-state index >= 15 is 0 Å². The summed E-state index contributed by atoms with van der Waals surface area (Å²) in [6, 6.07) is 8.14. The first kappa shape index (κ1) is 31.0. The van der Waals surface area contributed by atoms with Crippen molar-refractivity contribution in [3.63, 3.8) is 0 Å². The molecule has 0 bridgehead atoms. The Bertz CT molecular complexity index is 1390. The summed E-state index contributed by atoms with van der Waals surface area (Å²) in [5.74, 6) is -4.06. The first-order chi connectivity index (χ1) is 19.9. The van der Waals surface area contributed by atoms with Crippen LogP contribution in [0.25, 0.3) is 0 Å². The van der Waals surface area contributed by atoms with Crippen molar-refractivity contribution in [2.24, 2.45) is 0 Å². The van der Waals surface area contributed by atoms with E-state index in [-0.39, 0.29) is 35.7 Å². The fraction of sp³-hybridized carbons (Fsp3) is 0.387. The van der Waals surface area contributed by atoms with Gasteiger partial charge in [0.15, 0.2) is 0 Å². The molecule has 1 saturated heterocycles. The zero-order valence-corrected chi connectivity index (χ0v) is 23.7. The number of benzene rings is 2. The van der Waals surface area contributed by atoms with Gasteiger partial charge in [0.2, 0.25) is 5.91 Å². The minimum atomic E-state index is -0.810. The highest BCUT2D eigenvalue weighted by molar-refractivity contribution is 5.92. The monoisotopic (exact) mass is 586 g/mol. The lowest BCUT2D eigenvalue weighted by atomic mass is 9.88. The average molecular weight is 587 g/mol. The number of piperazine rings is 1. The SMILES string of the molecule is CC(C)(C)OC(=O)N1CCNC(CCc2c(F)cncc2NC(=O)CC(c2ccc(F)cc2)c2cc(F)cc(F)c2)C1. The van der Waals surface area contributed by atoms with Crippen molar-refractivity contribution in [1.82, 2.24) is 15.2 Å². The Hall–Kier alpha value is -3.99. The van der Waals surface area contributed by atoms with Crippen molar-refractivity contribution in [1.29, 1.82) is 0 Å². The van der Waals surface area contributed by atoms with Crippen molar-refractivity contribution >= 4 is 17.7 Å². The van der Waals surface area contributed by atoms with E-state index in [4.69, 9.17) is 4.74 Å². The summed E-state index contributed by atoms with van der Waals surface area (Å²) in [5, 5.41) is 6.02. The predicted molar refractivity (Wildman–Crippen MR) is 150 cm³/mol. The maximum Gasteiger partial charge on any atom is 0.410 e. The molecular weight excluding hydrogens is 552 g/mol. The van der Waals surface area contributed by atoms with E-state index in [1.54, 1.807) is 25.7 Å². The van der Waals surface area contributed by atoms with Gasteiger partial charge in [-0.3, -0.25) is 9.78 Å². The van der Waals surface area contributed by atoms with Gasteiger partial charge in [0.05, 0.1) is 18.1 Å². The molecule has 4 rings (SSSR count). The standard InChI is InChI=1S/C31H34F4N4O3/c1-31(2,3)42-30(41)39-11-10-37-24(18-39)8-9-25-27(35)16-36-17-28(25)38-29(40)15-26(19-4-6-21(32)7-5-19)20-12-22(33)14-23(34)13-20/h4-7,12-14,16-17,24,26,37H,8-11,15,18H2,1-3H3,(H,38,40). The van der Waals surface area contributed by atoms with Gasteiger partial charge >= 0.3 is 6.09 Å². The van der Waals surface area contributed by atoms with Crippen LogP contribution in [0.5, 0.6) is 0 Å². The van der Waals surface area contributed by atoms with Crippen LogP contribution in [0, 0.1) is 23.3 Å². The van der Waals surface area contributed by atoms with E-state index in [0.717, 1.165) is 24.4 Å². The normalized spacial score (nSPS) is 16.2. The van der Waals surface area contributed by atoms with Crippen LogP contribution in [0.4, 0.5) is 28.0 Å². The Morgan fingerprint density at radius 2 is 1.71 bits per heavy atom. The highest BCUT2D eigenvalue weighted by Gasteiger charge is 2.28. The Kier molecular flexibility index (Phi) is 9.82. The van der Waals surface area contributed by atoms with E-state index in [9.17, 15) is 27.2 Å². The Morgan fingerprint density at radius 1 is 1.02 bits per heavy atom. The molecule has 224 valence electrons. The average Bonchev–Trinajstić information content (AvgIpc) is 2.91. The highest BCUT2D eigenvalue weighted by atomic mass is 19.1. The van der Waals surface area contributed by atoms with Crippen LogP contribution >= 0.6 is 0 Å². The number of rotatable bonds is 8. The number of nitrogens with zero attached hydrogens (tertiary/aromatic N) is 2. The molecule has 1 aliphatic heterocycles. The first-order valence-corrected chi connectivity index (χ1v) is 13.7. The number of halogens is 4. The van der Waals surface area contributed by atoms with Gasteiger partial charge in [-0.1, -0.05) is 12.1 Å². The molecule has 1 fully saturated rings. The molecule has 3 aromatic rings. The molecule has 0 aliphatic carbocycles. The van der Waals surface area contributed by atoms with E-state index in [2.05, 4.69) is 15.6 Å². The Balaban J connectivity index is 1.47. The third-order valence-corrected chi connectivity index (χ3v) is 6.88. The largest absolute Gasteiger partial charge is 0.444 e. The summed E-state index contributed by atoms with van der Waals surface area (Å²) in [4.78, 5) is 31.2. The Labute approximate surface area is 242 Å². The molecule has 1 aromatic heterocycles. The smallest absolute Gasteiger partial charge is 0.410 e. The van der Waals surface area contributed by atoms with Crippen LogP contribution in [-0.2, 0) is 16.0 Å². The van der Waals surface area contributed by atoms with Crippen molar-refractivity contribution in [2.45, 2.75) is 57.6 Å². The summed E-state index contributed by atoms with van der Waals surface area (Å²) >= 11 is 0. The van der Waals surface area contributed by atoms with Gasteiger partial charge in [0, 0.05) is 49.6 Å².